The Morgan fingerprint density at radius 3 is 2.87 bits per heavy atom. The van der Waals surface area contributed by atoms with Crippen LogP contribution in [0.25, 0.3) is 0 Å². The summed E-state index contributed by atoms with van der Waals surface area (Å²) in [4.78, 5) is 13.7. The molecule has 1 aliphatic rings. The van der Waals surface area contributed by atoms with E-state index in [9.17, 15) is 4.79 Å². The minimum atomic E-state index is 0.0257. The van der Waals surface area contributed by atoms with Crippen molar-refractivity contribution >= 4 is 29.1 Å². The quantitative estimate of drug-likeness (QED) is 0.625. The number of carbonyl (C=O) groups is 1. The molecule has 0 unspecified atom stereocenters. The Bertz CT molecular complexity index is 724. The molecule has 0 aliphatic carbocycles. The molecular weight excluding hydrogens is 314 g/mol. The van der Waals surface area contributed by atoms with Crippen molar-refractivity contribution in [2.45, 2.75) is 6.54 Å². The van der Waals surface area contributed by atoms with Gasteiger partial charge in [0.15, 0.2) is 5.17 Å². The summed E-state index contributed by atoms with van der Waals surface area (Å²) in [6.45, 7) is 0.463. The fourth-order valence-corrected chi connectivity index (χ4v) is 2.88. The highest BCUT2D eigenvalue weighted by atomic mass is 32.2. The summed E-state index contributed by atoms with van der Waals surface area (Å²) in [5.74, 6) is 1.81. The number of benzene rings is 1. The molecule has 0 atom stereocenters. The Hall–Kier alpha value is -2.54. The molecule has 1 aromatic heterocycles. The van der Waals surface area contributed by atoms with E-state index in [1.807, 2.05) is 24.3 Å². The van der Waals surface area contributed by atoms with E-state index in [4.69, 9.17) is 9.15 Å². The summed E-state index contributed by atoms with van der Waals surface area (Å²) in [6.07, 6.45) is 3.08. The zero-order valence-corrected chi connectivity index (χ0v) is 13.3. The summed E-state index contributed by atoms with van der Waals surface area (Å²) in [5.41, 5.74) is 1.00. The van der Waals surface area contributed by atoms with E-state index in [1.165, 1.54) is 18.0 Å². The van der Waals surface area contributed by atoms with Gasteiger partial charge in [-0.05, 0) is 29.8 Å². The molecule has 1 aromatic carbocycles. The van der Waals surface area contributed by atoms with Gasteiger partial charge < -0.3 is 9.15 Å². The van der Waals surface area contributed by atoms with Crippen LogP contribution in [0.4, 0.5) is 0 Å². The predicted molar refractivity (Wildman–Crippen MR) is 89.7 cm³/mol. The normalized spacial score (nSPS) is 16.7. The van der Waals surface area contributed by atoms with Crippen molar-refractivity contribution in [3.8, 4) is 5.75 Å². The smallest absolute Gasteiger partial charge is 0.239 e. The van der Waals surface area contributed by atoms with Gasteiger partial charge in [-0.15, -0.1) is 5.10 Å². The lowest BCUT2D eigenvalue weighted by molar-refractivity contribution is -0.124. The Morgan fingerprint density at radius 2 is 2.17 bits per heavy atom. The van der Waals surface area contributed by atoms with E-state index in [-0.39, 0.29) is 5.91 Å². The van der Waals surface area contributed by atoms with Gasteiger partial charge in [-0.25, -0.2) is 0 Å². The lowest BCUT2D eigenvalue weighted by Gasteiger charge is -2.15. The van der Waals surface area contributed by atoms with Crippen LogP contribution >= 0.6 is 11.8 Å². The molecule has 1 saturated heterocycles. The predicted octanol–water partition coefficient (Wildman–Crippen LogP) is 2.75. The number of thioether (sulfide) groups is 1. The first-order valence-electron chi connectivity index (χ1n) is 6.97. The van der Waals surface area contributed by atoms with Crippen LogP contribution in [0.1, 0.15) is 11.3 Å². The molecule has 0 N–H and O–H groups in total. The first-order valence-corrected chi connectivity index (χ1v) is 7.95. The molecule has 2 heterocycles. The molecule has 118 valence electrons. The maximum Gasteiger partial charge on any atom is 0.239 e. The second-order valence-electron chi connectivity index (χ2n) is 4.76. The van der Waals surface area contributed by atoms with Gasteiger partial charge in [0, 0.05) is 0 Å². The minimum Gasteiger partial charge on any atom is -0.497 e. The number of nitrogens with zero attached hydrogens (tertiary/aromatic N) is 3. The molecule has 2 aromatic rings. The number of amidine groups is 1. The first-order chi connectivity index (χ1) is 11.3. The molecule has 6 nitrogen and oxygen atoms in total. The number of rotatable bonds is 5. The molecule has 3 rings (SSSR count). The standard InChI is InChI=1S/C16H15N3O3S/c1-21-13-6-4-12(5-7-13)10-19-15(20)11-23-16(19)18-17-9-14-3-2-8-22-14/h2-9H,10-11H2,1H3/b17-9-,18-16-. The molecule has 23 heavy (non-hydrogen) atoms. The van der Waals surface area contributed by atoms with Gasteiger partial charge in [0.25, 0.3) is 0 Å². The first kappa shape index (κ1) is 15.4. The van der Waals surface area contributed by atoms with Crippen molar-refractivity contribution in [3.05, 3.63) is 54.0 Å². The van der Waals surface area contributed by atoms with Crippen LogP contribution in [0.5, 0.6) is 5.75 Å². The van der Waals surface area contributed by atoms with Crippen LogP contribution in [-0.4, -0.2) is 35.1 Å². The average Bonchev–Trinajstić information content (AvgIpc) is 3.20. The monoisotopic (exact) mass is 329 g/mol. The van der Waals surface area contributed by atoms with Gasteiger partial charge in [-0.2, -0.15) is 5.10 Å². The van der Waals surface area contributed by atoms with E-state index >= 15 is 0 Å². The van der Waals surface area contributed by atoms with E-state index < -0.39 is 0 Å². The molecule has 1 aliphatic heterocycles. The Kier molecular flexibility index (Phi) is 4.77. The van der Waals surface area contributed by atoms with Crippen molar-refractivity contribution in [3.63, 3.8) is 0 Å². The number of methoxy groups -OCH3 is 1. The number of amides is 1. The SMILES string of the molecule is COc1ccc(CN2C(=O)CS/C2=N\N=C/c2ccco2)cc1. The van der Waals surface area contributed by atoms with Crippen LogP contribution in [0.2, 0.25) is 0 Å². The maximum atomic E-state index is 12.0. The molecule has 0 saturated carbocycles. The van der Waals surface area contributed by atoms with E-state index in [1.54, 1.807) is 30.4 Å². The third-order valence-corrected chi connectivity index (χ3v) is 4.18. The van der Waals surface area contributed by atoms with Gasteiger partial charge in [-0.1, -0.05) is 23.9 Å². The number of carbonyl (C=O) groups excluding carboxylic acids is 1. The number of hydrogen-bond donors (Lipinski definition) is 0. The largest absolute Gasteiger partial charge is 0.497 e. The molecule has 1 fully saturated rings. The van der Waals surface area contributed by atoms with Crippen molar-refractivity contribution in [1.29, 1.82) is 0 Å². The molecule has 1 amide bonds. The second kappa shape index (κ2) is 7.15. The zero-order valence-electron chi connectivity index (χ0n) is 12.5. The third-order valence-electron chi connectivity index (χ3n) is 3.23. The second-order valence-corrected chi connectivity index (χ2v) is 5.70. The summed E-state index contributed by atoms with van der Waals surface area (Å²) in [5, 5.41) is 8.70. The van der Waals surface area contributed by atoms with Gasteiger partial charge in [0.05, 0.1) is 31.9 Å². The summed E-state index contributed by atoms with van der Waals surface area (Å²) < 4.78 is 10.3. The number of hydrogen-bond acceptors (Lipinski definition) is 6. The Morgan fingerprint density at radius 1 is 1.35 bits per heavy atom. The lowest BCUT2D eigenvalue weighted by Crippen LogP contribution is -2.28. The van der Waals surface area contributed by atoms with Crippen LogP contribution in [-0.2, 0) is 11.3 Å². The molecule has 0 spiro atoms. The van der Waals surface area contributed by atoms with Crippen LogP contribution in [0.3, 0.4) is 0 Å². The van der Waals surface area contributed by atoms with Crippen molar-refractivity contribution in [2.24, 2.45) is 10.2 Å². The summed E-state index contributed by atoms with van der Waals surface area (Å²) in [6, 6.07) is 11.2. The van der Waals surface area contributed by atoms with E-state index in [0.29, 0.717) is 23.2 Å². The van der Waals surface area contributed by atoms with E-state index in [0.717, 1.165) is 11.3 Å². The van der Waals surface area contributed by atoms with Crippen molar-refractivity contribution < 1.29 is 13.9 Å². The molecular formula is C16H15N3O3S. The van der Waals surface area contributed by atoms with Crippen molar-refractivity contribution in [2.75, 3.05) is 12.9 Å². The molecule has 0 radical (unpaired) electrons. The maximum absolute atomic E-state index is 12.0. The highest BCUT2D eigenvalue weighted by molar-refractivity contribution is 8.15. The van der Waals surface area contributed by atoms with Gasteiger partial charge >= 0.3 is 0 Å². The fraction of sp³-hybridized carbons (Fsp3) is 0.188. The number of ether oxygens (including phenoxy) is 1. The summed E-state index contributed by atoms with van der Waals surface area (Å²) >= 11 is 1.38. The van der Waals surface area contributed by atoms with Gasteiger partial charge in [0.1, 0.15) is 11.5 Å². The zero-order chi connectivity index (χ0) is 16.1. The molecule has 7 heteroatoms. The molecule has 0 bridgehead atoms. The third kappa shape index (κ3) is 3.81. The average molecular weight is 329 g/mol. The van der Waals surface area contributed by atoms with Crippen LogP contribution in [0.15, 0.2) is 57.3 Å². The Balaban J connectivity index is 1.71. The lowest BCUT2D eigenvalue weighted by atomic mass is 10.2. The van der Waals surface area contributed by atoms with Crippen LogP contribution in [0, 0.1) is 0 Å². The highest BCUT2D eigenvalue weighted by Crippen LogP contribution is 2.23. The summed E-state index contributed by atoms with van der Waals surface area (Å²) in [7, 11) is 1.62. The van der Waals surface area contributed by atoms with Gasteiger partial charge in [-0.3, -0.25) is 9.69 Å². The van der Waals surface area contributed by atoms with Crippen LogP contribution < -0.4 is 4.74 Å². The highest BCUT2D eigenvalue weighted by Gasteiger charge is 2.28. The minimum absolute atomic E-state index is 0.0257. The topological polar surface area (TPSA) is 67.4 Å². The van der Waals surface area contributed by atoms with E-state index in [2.05, 4.69) is 10.2 Å². The van der Waals surface area contributed by atoms with Gasteiger partial charge in [0.2, 0.25) is 5.91 Å². The number of furan rings is 1. The fourth-order valence-electron chi connectivity index (χ4n) is 2.04. The van der Waals surface area contributed by atoms with Crippen molar-refractivity contribution in [1.82, 2.24) is 4.90 Å². The Labute approximate surface area is 137 Å².